The molecule has 24 heavy (non-hydrogen) atoms. The first-order valence-corrected chi connectivity index (χ1v) is 9.11. The van der Waals surface area contributed by atoms with E-state index in [1.807, 2.05) is 11.9 Å². The van der Waals surface area contributed by atoms with Gasteiger partial charge in [0.25, 0.3) is 10.0 Å². The van der Waals surface area contributed by atoms with E-state index in [0.717, 1.165) is 18.0 Å². The van der Waals surface area contributed by atoms with Crippen molar-refractivity contribution in [3.63, 3.8) is 0 Å². The first-order valence-electron chi connectivity index (χ1n) is 7.25. The third-order valence-corrected chi connectivity index (χ3v) is 5.36. The maximum atomic E-state index is 12.7. The van der Waals surface area contributed by atoms with Crippen LogP contribution in [-0.4, -0.2) is 35.7 Å². The summed E-state index contributed by atoms with van der Waals surface area (Å²) in [5.74, 6) is 0.956. The summed E-state index contributed by atoms with van der Waals surface area (Å²) >= 11 is 5.93. The van der Waals surface area contributed by atoms with Crippen molar-refractivity contribution in [1.82, 2.24) is 0 Å². The van der Waals surface area contributed by atoms with E-state index in [-0.39, 0.29) is 10.6 Å². The second-order valence-electron chi connectivity index (χ2n) is 5.35. The van der Waals surface area contributed by atoms with Crippen LogP contribution in [0.3, 0.4) is 0 Å². The molecule has 3 rings (SSSR count). The zero-order valence-corrected chi connectivity index (χ0v) is 14.8. The van der Waals surface area contributed by atoms with Crippen LogP contribution in [0.1, 0.15) is 0 Å². The Labute approximate surface area is 146 Å². The van der Waals surface area contributed by atoms with Crippen LogP contribution in [0, 0.1) is 0 Å². The predicted molar refractivity (Wildman–Crippen MR) is 94.0 cm³/mol. The van der Waals surface area contributed by atoms with E-state index < -0.39 is 10.0 Å². The lowest BCUT2D eigenvalue weighted by Gasteiger charge is -2.28. The molecule has 6 nitrogen and oxygen atoms in total. The second kappa shape index (κ2) is 6.41. The molecule has 1 N–H and O–H groups in total. The van der Waals surface area contributed by atoms with E-state index in [2.05, 4.69) is 4.72 Å². The average molecular weight is 369 g/mol. The van der Waals surface area contributed by atoms with Crippen molar-refractivity contribution in [1.29, 1.82) is 0 Å². The highest BCUT2D eigenvalue weighted by Gasteiger charge is 2.22. The Morgan fingerprint density at radius 1 is 1.25 bits per heavy atom. The molecule has 0 saturated carbocycles. The number of benzene rings is 2. The van der Waals surface area contributed by atoms with Gasteiger partial charge in [0.2, 0.25) is 0 Å². The minimum absolute atomic E-state index is 0.0141. The highest BCUT2D eigenvalue weighted by molar-refractivity contribution is 7.92. The quantitative estimate of drug-likeness (QED) is 0.898. The molecule has 1 aliphatic heterocycles. The SMILES string of the molecule is COc1ccc(Cl)cc1S(=O)(=O)Nc1ccc2c(c1)N(C)CCO2. The molecular weight excluding hydrogens is 352 g/mol. The minimum Gasteiger partial charge on any atom is -0.495 e. The minimum atomic E-state index is -3.84. The zero-order valence-electron chi connectivity index (χ0n) is 13.2. The van der Waals surface area contributed by atoms with Gasteiger partial charge >= 0.3 is 0 Å². The number of ether oxygens (including phenoxy) is 2. The molecule has 2 aromatic rings. The van der Waals surface area contributed by atoms with Crippen molar-refractivity contribution in [2.24, 2.45) is 0 Å². The Bertz CT molecular complexity index is 870. The fourth-order valence-corrected chi connectivity index (χ4v) is 3.97. The van der Waals surface area contributed by atoms with Gasteiger partial charge in [0.1, 0.15) is 23.0 Å². The summed E-state index contributed by atoms with van der Waals surface area (Å²) in [6.07, 6.45) is 0. The molecule has 8 heteroatoms. The third kappa shape index (κ3) is 3.22. The summed E-state index contributed by atoms with van der Waals surface area (Å²) in [6, 6.07) is 9.60. The molecule has 2 aromatic carbocycles. The normalized spacial score (nSPS) is 13.9. The number of sulfonamides is 1. The van der Waals surface area contributed by atoms with Crippen LogP contribution in [0.2, 0.25) is 5.02 Å². The molecule has 0 fully saturated rings. The third-order valence-electron chi connectivity index (χ3n) is 3.72. The van der Waals surface area contributed by atoms with Gasteiger partial charge in [0.15, 0.2) is 0 Å². The van der Waals surface area contributed by atoms with Gasteiger partial charge in [-0.3, -0.25) is 4.72 Å². The van der Waals surface area contributed by atoms with Gasteiger partial charge in [0.05, 0.1) is 25.0 Å². The lowest BCUT2D eigenvalue weighted by molar-refractivity contribution is 0.311. The zero-order chi connectivity index (χ0) is 17.3. The Morgan fingerprint density at radius 2 is 2.04 bits per heavy atom. The lowest BCUT2D eigenvalue weighted by Crippen LogP contribution is -2.28. The molecule has 0 radical (unpaired) electrons. The summed E-state index contributed by atoms with van der Waals surface area (Å²) in [6.45, 7) is 1.35. The van der Waals surface area contributed by atoms with Crippen molar-refractivity contribution in [3.05, 3.63) is 41.4 Å². The molecule has 0 unspecified atom stereocenters. The van der Waals surface area contributed by atoms with Crippen molar-refractivity contribution in [3.8, 4) is 11.5 Å². The van der Waals surface area contributed by atoms with E-state index >= 15 is 0 Å². The summed E-state index contributed by atoms with van der Waals surface area (Å²) in [7, 11) is -0.501. The number of hydrogen-bond donors (Lipinski definition) is 1. The van der Waals surface area contributed by atoms with Crippen molar-refractivity contribution >= 4 is 33.0 Å². The molecule has 0 aromatic heterocycles. The number of rotatable bonds is 4. The molecule has 0 atom stereocenters. The van der Waals surface area contributed by atoms with E-state index in [1.54, 1.807) is 24.3 Å². The molecule has 1 heterocycles. The van der Waals surface area contributed by atoms with Gasteiger partial charge in [-0.15, -0.1) is 0 Å². The summed E-state index contributed by atoms with van der Waals surface area (Å²) in [4.78, 5) is 2.00. The monoisotopic (exact) mass is 368 g/mol. The molecule has 0 saturated heterocycles. The highest BCUT2D eigenvalue weighted by atomic mass is 35.5. The van der Waals surface area contributed by atoms with Crippen LogP contribution < -0.4 is 19.1 Å². The molecule has 128 valence electrons. The maximum Gasteiger partial charge on any atom is 0.265 e. The number of hydrogen-bond acceptors (Lipinski definition) is 5. The van der Waals surface area contributed by atoms with E-state index in [1.165, 1.54) is 19.2 Å². The molecule has 0 aliphatic carbocycles. The highest BCUT2D eigenvalue weighted by Crippen LogP contribution is 2.35. The maximum absolute atomic E-state index is 12.7. The van der Waals surface area contributed by atoms with Gasteiger partial charge in [-0.2, -0.15) is 0 Å². The Balaban J connectivity index is 1.96. The van der Waals surface area contributed by atoms with Crippen LogP contribution >= 0.6 is 11.6 Å². The first-order chi connectivity index (χ1) is 11.4. The Hall–Kier alpha value is -2.12. The first kappa shape index (κ1) is 16.7. The number of fused-ring (bicyclic) bond motifs is 1. The number of nitrogens with zero attached hydrogens (tertiary/aromatic N) is 1. The second-order valence-corrected chi connectivity index (χ2v) is 7.44. The van der Waals surface area contributed by atoms with E-state index in [4.69, 9.17) is 21.1 Å². The average Bonchev–Trinajstić information content (AvgIpc) is 2.55. The number of likely N-dealkylation sites (N-methyl/N-ethyl adjacent to an activating group) is 1. The van der Waals surface area contributed by atoms with Crippen molar-refractivity contribution < 1.29 is 17.9 Å². The van der Waals surface area contributed by atoms with Gasteiger partial charge in [-0.25, -0.2) is 8.42 Å². The van der Waals surface area contributed by atoms with Crippen LogP contribution in [-0.2, 0) is 10.0 Å². The number of methoxy groups -OCH3 is 1. The van der Waals surface area contributed by atoms with Crippen LogP contribution in [0.15, 0.2) is 41.3 Å². The Morgan fingerprint density at radius 3 is 2.79 bits per heavy atom. The van der Waals surface area contributed by atoms with Crippen LogP contribution in [0.4, 0.5) is 11.4 Å². The summed E-state index contributed by atoms with van der Waals surface area (Å²) in [5.41, 5.74) is 1.27. The predicted octanol–water partition coefficient (Wildman–Crippen LogP) is 2.98. The smallest absolute Gasteiger partial charge is 0.265 e. The van der Waals surface area contributed by atoms with Crippen molar-refractivity contribution in [2.75, 3.05) is 36.9 Å². The van der Waals surface area contributed by atoms with E-state index in [0.29, 0.717) is 17.3 Å². The van der Waals surface area contributed by atoms with Crippen LogP contribution in [0.25, 0.3) is 0 Å². The van der Waals surface area contributed by atoms with E-state index in [9.17, 15) is 8.42 Å². The van der Waals surface area contributed by atoms with Gasteiger partial charge < -0.3 is 14.4 Å². The summed E-state index contributed by atoms with van der Waals surface area (Å²) in [5, 5.41) is 0.315. The Kier molecular flexibility index (Phi) is 4.47. The van der Waals surface area contributed by atoms with Gasteiger partial charge in [-0.05, 0) is 36.4 Å². The fourth-order valence-electron chi connectivity index (χ4n) is 2.48. The van der Waals surface area contributed by atoms with Gasteiger partial charge in [-0.1, -0.05) is 11.6 Å². The molecule has 0 spiro atoms. The lowest BCUT2D eigenvalue weighted by atomic mass is 10.2. The standard InChI is InChI=1S/C16H17ClN2O4S/c1-19-7-8-23-14-6-4-12(10-13(14)19)18-24(20,21)16-9-11(17)3-5-15(16)22-2/h3-6,9-10,18H,7-8H2,1-2H3. The van der Waals surface area contributed by atoms with Crippen molar-refractivity contribution in [2.45, 2.75) is 4.90 Å². The van der Waals surface area contributed by atoms with Gasteiger partial charge in [0, 0.05) is 12.1 Å². The number of nitrogens with one attached hydrogen (secondary N) is 1. The fraction of sp³-hybridized carbons (Fsp3) is 0.250. The number of anilines is 2. The largest absolute Gasteiger partial charge is 0.495 e. The molecular formula is C16H17ClN2O4S. The topological polar surface area (TPSA) is 67.9 Å². The molecule has 0 bridgehead atoms. The van der Waals surface area contributed by atoms with Crippen LogP contribution in [0.5, 0.6) is 11.5 Å². The molecule has 1 aliphatic rings. The summed E-state index contributed by atoms with van der Waals surface area (Å²) < 4.78 is 38.6. The number of halogens is 1. The molecule has 0 amide bonds.